The van der Waals surface area contributed by atoms with E-state index in [0.29, 0.717) is 5.75 Å². The molecular weight excluding hydrogens is 264 g/mol. The number of benzene rings is 1. The maximum atomic E-state index is 10.9. The van der Waals surface area contributed by atoms with Crippen molar-refractivity contribution in [1.82, 2.24) is 0 Å². The Hall–Kier alpha value is -0.430. The highest BCUT2D eigenvalue weighted by Gasteiger charge is 2.12. The Balaban J connectivity index is 2.50. The van der Waals surface area contributed by atoms with Gasteiger partial charge in [0.1, 0.15) is 6.10 Å². The summed E-state index contributed by atoms with van der Waals surface area (Å²) in [6.45, 7) is 0. The molecule has 3 nitrogen and oxygen atoms in total. The monoisotopic (exact) mass is 276 g/mol. The second kappa shape index (κ2) is 6.34. The molecule has 1 aromatic carbocycles. The topological polar surface area (TPSA) is 43.4 Å². The van der Waals surface area contributed by atoms with Gasteiger partial charge >= 0.3 is 0 Å². The van der Waals surface area contributed by atoms with Crippen LogP contribution < -0.4 is 0 Å². The van der Waals surface area contributed by atoms with Gasteiger partial charge < -0.3 is 0 Å². The van der Waals surface area contributed by atoms with E-state index in [9.17, 15) is 8.42 Å². The summed E-state index contributed by atoms with van der Waals surface area (Å²) >= 11 is 6.24. The minimum Gasteiger partial charge on any atom is -0.261 e. The van der Waals surface area contributed by atoms with Crippen LogP contribution in [0.25, 0.3) is 0 Å². The van der Waals surface area contributed by atoms with Gasteiger partial charge in [-0.25, -0.2) is 0 Å². The lowest BCUT2D eigenvalue weighted by atomic mass is 10.4. The zero-order valence-electron chi connectivity index (χ0n) is 8.70. The highest BCUT2D eigenvalue weighted by atomic mass is 32.2. The Morgan fingerprint density at radius 2 is 2.06 bits per heavy atom. The van der Waals surface area contributed by atoms with E-state index in [1.807, 2.05) is 30.3 Å². The SMILES string of the molecule is CS(=O)(=O)OC(C=S)CSc1ccccc1. The van der Waals surface area contributed by atoms with Crippen LogP contribution >= 0.6 is 24.0 Å². The van der Waals surface area contributed by atoms with Gasteiger partial charge in [-0.05, 0) is 12.1 Å². The van der Waals surface area contributed by atoms with E-state index in [2.05, 4.69) is 0 Å². The number of hydrogen-bond donors (Lipinski definition) is 0. The van der Waals surface area contributed by atoms with Crippen LogP contribution in [0.5, 0.6) is 0 Å². The molecule has 0 saturated heterocycles. The number of hydrogen-bond acceptors (Lipinski definition) is 5. The summed E-state index contributed by atoms with van der Waals surface area (Å²) in [6.07, 6.45) is 0.460. The molecule has 0 saturated carbocycles. The predicted molar refractivity (Wildman–Crippen MR) is 70.5 cm³/mol. The second-order valence-electron chi connectivity index (χ2n) is 3.10. The largest absolute Gasteiger partial charge is 0.265 e. The first-order valence-corrected chi connectivity index (χ1v) is 7.80. The van der Waals surface area contributed by atoms with Gasteiger partial charge in [0.25, 0.3) is 10.1 Å². The van der Waals surface area contributed by atoms with Crippen molar-refractivity contribution in [3.05, 3.63) is 30.3 Å². The van der Waals surface area contributed by atoms with Crippen LogP contribution in [0.1, 0.15) is 0 Å². The molecule has 1 unspecified atom stereocenters. The van der Waals surface area contributed by atoms with E-state index in [4.69, 9.17) is 16.4 Å². The minimum absolute atomic E-state index is 0.487. The van der Waals surface area contributed by atoms with E-state index >= 15 is 0 Å². The van der Waals surface area contributed by atoms with Crippen molar-refractivity contribution in [3.8, 4) is 0 Å². The predicted octanol–water partition coefficient (Wildman–Crippen LogP) is 2.12. The van der Waals surface area contributed by atoms with E-state index < -0.39 is 16.2 Å². The summed E-state index contributed by atoms with van der Waals surface area (Å²) in [4.78, 5) is 1.06. The molecule has 0 N–H and O–H groups in total. The van der Waals surface area contributed by atoms with Gasteiger partial charge in [0.15, 0.2) is 0 Å². The summed E-state index contributed by atoms with van der Waals surface area (Å²) in [5.74, 6) is 0.487. The molecule has 16 heavy (non-hydrogen) atoms. The van der Waals surface area contributed by atoms with E-state index in [-0.39, 0.29) is 0 Å². The van der Waals surface area contributed by atoms with Crippen molar-refractivity contribution >= 4 is 39.5 Å². The summed E-state index contributed by atoms with van der Waals surface area (Å²) in [5, 5.41) is 1.33. The van der Waals surface area contributed by atoms with Crippen molar-refractivity contribution < 1.29 is 12.6 Å². The molecule has 1 atom stereocenters. The van der Waals surface area contributed by atoms with Gasteiger partial charge in [0.2, 0.25) is 0 Å². The molecule has 0 spiro atoms. The first kappa shape index (κ1) is 13.6. The maximum Gasteiger partial charge on any atom is 0.265 e. The molecule has 0 bridgehead atoms. The Morgan fingerprint density at radius 3 is 2.56 bits per heavy atom. The van der Waals surface area contributed by atoms with E-state index in [0.717, 1.165) is 11.2 Å². The van der Waals surface area contributed by atoms with Gasteiger partial charge in [-0.2, -0.15) is 8.42 Å². The molecule has 1 rings (SSSR count). The lowest BCUT2D eigenvalue weighted by molar-refractivity contribution is 0.304. The van der Waals surface area contributed by atoms with Crippen LogP contribution in [0.2, 0.25) is 0 Å². The van der Waals surface area contributed by atoms with Crippen LogP contribution in [-0.2, 0) is 14.3 Å². The van der Waals surface area contributed by atoms with Crippen LogP contribution in [0.4, 0.5) is 0 Å². The summed E-state index contributed by atoms with van der Waals surface area (Å²) in [7, 11) is -3.45. The maximum absolute atomic E-state index is 10.9. The van der Waals surface area contributed by atoms with Crippen LogP contribution in [0.15, 0.2) is 35.2 Å². The minimum atomic E-state index is -3.45. The highest BCUT2D eigenvalue weighted by Crippen LogP contribution is 2.18. The van der Waals surface area contributed by atoms with Crippen molar-refractivity contribution in [3.63, 3.8) is 0 Å². The Labute approximate surface area is 105 Å². The lowest BCUT2D eigenvalue weighted by Gasteiger charge is -2.10. The van der Waals surface area contributed by atoms with Gasteiger partial charge in [-0.1, -0.05) is 30.4 Å². The standard InChI is InChI=1S/C10H12O3S3/c1-16(11,12)13-9(7-14)8-15-10-5-3-2-4-6-10/h2-7,9H,8H2,1H3. The first-order valence-electron chi connectivity index (χ1n) is 4.52. The van der Waals surface area contributed by atoms with E-state index in [1.54, 1.807) is 0 Å². The molecule has 0 aliphatic carbocycles. The van der Waals surface area contributed by atoms with Gasteiger partial charge in [-0.15, -0.1) is 11.8 Å². The average molecular weight is 276 g/mol. The number of rotatable bonds is 6. The van der Waals surface area contributed by atoms with Crippen LogP contribution in [0, 0.1) is 0 Å². The quantitative estimate of drug-likeness (QED) is 0.452. The summed E-state index contributed by atoms with van der Waals surface area (Å²) in [5.41, 5.74) is 0. The fourth-order valence-electron chi connectivity index (χ4n) is 1.01. The molecule has 88 valence electrons. The third-order valence-corrected chi connectivity index (χ3v) is 3.61. The zero-order chi connectivity index (χ0) is 12.0. The van der Waals surface area contributed by atoms with E-state index in [1.165, 1.54) is 17.1 Å². The van der Waals surface area contributed by atoms with Gasteiger partial charge in [0, 0.05) is 16.0 Å². The van der Waals surface area contributed by atoms with Crippen LogP contribution in [0.3, 0.4) is 0 Å². The fraction of sp³-hybridized carbons (Fsp3) is 0.300. The summed E-state index contributed by atoms with van der Waals surface area (Å²) < 4.78 is 26.6. The summed E-state index contributed by atoms with van der Waals surface area (Å²) in [6, 6.07) is 9.67. The molecule has 0 aliphatic rings. The van der Waals surface area contributed by atoms with Crippen molar-refractivity contribution in [1.29, 1.82) is 0 Å². The Kier molecular flexibility index (Phi) is 5.40. The average Bonchev–Trinajstić information content (AvgIpc) is 2.24. The third kappa shape index (κ3) is 5.60. The molecular formula is C10H12O3S3. The van der Waals surface area contributed by atoms with Crippen molar-refractivity contribution in [2.75, 3.05) is 12.0 Å². The van der Waals surface area contributed by atoms with Gasteiger partial charge in [0.05, 0.1) is 6.26 Å². The lowest BCUT2D eigenvalue weighted by Crippen LogP contribution is -2.20. The molecule has 0 fully saturated rings. The van der Waals surface area contributed by atoms with Crippen molar-refractivity contribution in [2.24, 2.45) is 0 Å². The third-order valence-electron chi connectivity index (χ3n) is 1.61. The molecule has 6 heteroatoms. The Bertz CT molecular complexity index is 428. The Morgan fingerprint density at radius 1 is 1.44 bits per heavy atom. The molecule has 0 aliphatic heterocycles. The number of thioether (sulfide) groups is 1. The zero-order valence-corrected chi connectivity index (χ0v) is 11.1. The van der Waals surface area contributed by atoms with Gasteiger partial charge in [-0.3, -0.25) is 4.18 Å². The van der Waals surface area contributed by atoms with Crippen LogP contribution in [-0.4, -0.2) is 31.9 Å². The molecule has 0 radical (unpaired) electrons. The second-order valence-corrected chi connectivity index (χ2v) is 6.07. The van der Waals surface area contributed by atoms with Crippen molar-refractivity contribution in [2.45, 2.75) is 11.0 Å². The molecule has 0 heterocycles. The highest BCUT2D eigenvalue weighted by molar-refractivity contribution is 7.99. The molecule has 0 amide bonds. The fourth-order valence-corrected chi connectivity index (χ4v) is 2.88. The smallest absolute Gasteiger partial charge is 0.261 e. The molecule has 1 aromatic rings. The number of thiocarbonyl (C=S) groups is 1. The normalized spacial score (nSPS) is 13.3. The first-order chi connectivity index (χ1) is 7.51. The molecule has 0 aromatic heterocycles.